The van der Waals surface area contributed by atoms with Crippen molar-refractivity contribution >= 4 is 40.4 Å². The molecule has 1 unspecified atom stereocenters. The highest BCUT2D eigenvalue weighted by Gasteiger charge is 2.47. The second-order valence-corrected chi connectivity index (χ2v) is 11.3. The molecule has 3 aromatic heterocycles. The van der Waals surface area contributed by atoms with Crippen LogP contribution in [0.25, 0.3) is 0 Å². The van der Waals surface area contributed by atoms with Gasteiger partial charge in [0.15, 0.2) is 5.82 Å². The maximum Gasteiger partial charge on any atom is 0.258 e. The van der Waals surface area contributed by atoms with Gasteiger partial charge in [-0.05, 0) is 61.9 Å². The van der Waals surface area contributed by atoms with Gasteiger partial charge < -0.3 is 21.7 Å². The molecular formula is C23H25N9O3S2. The lowest BCUT2D eigenvalue weighted by Gasteiger charge is -2.31. The van der Waals surface area contributed by atoms with Crippen LogP contribution in [0.4, 0.5) is 0 Å². The molecule has 2 aliphatic rings. The molecule has 14 heteroatoms. The van der Waals surface area contributed by atoms with E-state index in [1.807, 2.05) is 6.07 Å². The van der Waals surface area contributed by atoms with E-state index >= 15 is 0 Å². The molecule has 37 heavy (non-hydrogen) atoms. The molecular weight excluding hydrogens is 514 g/mol. The molecule has 3 aromatic rings. The molecule has 0 aromatic carbocycles. The first-order chi connectivity index (χ1) is 17.8. The molecule has 0 radical (unpaired) electrons. The Kier molecular flexibility index (Phi) is 6.76. The molecule has 5 rings (SSSR count). The van der Waals surface area contributed by atoms with Crippen molar-refractivity contribution in [2.75, 3.05) is 19.6 Å². The number of hydrogen-bond donors (Lipinski definition) is 4. The number of thiophene rings is 2. The first-order valence-corrected chi connectivity index (χ1v) is 13.5. The van der Waals surface area contributed by atoms with Gasteiger partial charge >= 0.3 is 0 Å². The third-order valence-electron chi connectivity index (χ3n) is 6.97. The number of nitrogens with zero attached hydrogens (tertiary/aromatic N) is 5. The number of carbonyl (C=O) groups excluding carboxylic acids is 3. The fraction of sp³-hybridized carbons (Fsp3) is 0.435. The molecule has 1 saturated heterocycles. The summed E-state index contributed by atoms with van der Waals surface area (Å²) in [4.78, 5) is 41.2. The van der Waals surface area contributed by atoms with E-state index in [9.17, 15) is 19.6 Å². The van der Waals surface area contributed by atoms with E-state index in [0.29, 0.717) is 54.4 Å². The molecule has 4 heterocycles. The number of carbonyl (C=O) groups is 3. The number of amides is 3. The number of aryl methyl sites for hydroxylation is 2. The largest absolute Gasteiger partial charge is 0.365 e. The molecule has 1 fully saturated rings. The van der Waals surface area contributed by atoms with Crippen LogP contribution in [0.3, 0.4) is 0 Å². The maximum atomic E-state index is 12.8. The van der Waals surface area contributed by atoms with Crippen LogP contribution in [-0.4, -0.2) is 68.9 Å². The standard InChI is InChI=1S/C23H25N9O3S2/c24-10-13-2-1-7-32(13)18(33)11-27-6-5-23(22-28-30-31-29-22)14-9-17(21(26)35)36-15(14)4-3-12-8-16(20(25)34)37-19(12)23/h8-9,13,27H,1-7,11H2,(H2,25,34)(H2,26,35)(H,28,29,30,31)/t13-,23?/m0/s1. The van der Waals surface area contributed by atoms with Gasteiger partial charge in [0.2, 0.25) is 5.91 Å². The SMILES string of the molecule is N#C[C@@H]1CCCN1C(=O)CNCCC1(c2nn[nH]n2)c2cc(C(N)=O)sc2CCc2cc(C(N)=O)sc21. The quantitative estimate of drug-likeness (QED) is 0.296. The van der Waals surface area contributed by atoms with Crippen LogP contribution in [0.15, 0.2) is 12.1 Å². The van der Waals surface area contributed by atoms with E-state index in [2.05, 4.69) is 32.0 Å². The van der Waals surface area contributed by atoms with Gasteiger partial charge in [0, 0.05) is 16.3 Å². The highest BCUT2D eigenvalue weighted by atomic mass is 32.1. The van der Waals surface area contributed by atoms with Crippen LogP contribution in [0.5, 0.6) is 0 Å². The molecule has 6 N–H and O–H groups in total. The van der Waals surface area contributed by atoms with Gasteiger partial charge in [-0.2, -0.15) is 10.5 Å². The molecule has 0 saturated carbocycles. The minimum atomic E-state index is -0.949. The highest BCUT2D eigenvalue weighted by molar-refractivity contribution is 7.15. The predicted molar refractivity (Wildman–Crippen MR) is 135 cm³/mol. The van der Waals surface area contributed by atoms with Crippen molar-refractivity contribution in [3.63, 3.8) is 0 Å². The first-order valence-electron chi connectivity index (χ1n) is 11.8. The van der Waals surface area contributed by atoms with Crippen molar-refractivity contribution in [3.8, 4) is 6.07 Å². The van der Waals surface area contributed by atoms with Crippen molar-refractivity contribution in [1.82, 2.24) is 30.8 Å². The van der Waals surface area contributed by atoms with E-state index in [1.165, 1.54) is 22.7 Å². The van der Waals surface area contributed by atoms with Crippen LogP contribution in [0.2, 0.25) is 0 Å². The number of aromatic amines is 1. The van der Waals surface area contributed by atoms with E-state index < -0.39 is 17.2 Å². The van der Waals surface area contributed by atoms with E-state index in [-0.39, 0.29) is 18.5 Å². The summed E-state index contributed by atoms with van der Waals surface area (Å²) in [5, 5.41) is 27.6. The smallest absolute Gasteiger partial charge is 0.258 e. The van der Waals surface area contributed by atoms with Crippen LogP contribution in [-0.2, 0) is 23.1 Å². The van der Waals surface area contributed by atoms with E-state index in [4.69, 9.17) is 11.5 Å². The number of H-pyrrole nitrogens is 1. The zero-order valence-corrected chi connectivity index (χ0v) is 21.5. The number of fused-ring (bicyclic) bond motifs is 2. The van der Waals surface area contributed by atoms with Crippen LogP contribution < -0.4 is 16.8 Å². The molecule has 192 valence electrons. The number of primary amides is 2. The second kappa shape index (κ2) is 10.0. The third kappa shape index (κ3) is 4.39. The van der Waals surface area contributed by atoms with Gasteiger partial charge in [0.05, 0.1) is 27.8 Å². The number of nitriles is 1. The Bertz CT molecular complexity index is 1330. The summed E-state index contributed by atoms with van der Waals surface area (Å²) in [6.07, 6.45) is 3.20. The summed E-state index contributed by atoms with van der Waals surface area (Å²) in [6.45, 7) is 1.04. The Labute approximate surface area is 220 Å². The van der Waals surface area contributed by atoms with Gasteiger partial charge in [-0.25, -0.2) is 0 Å². The molecule has 2 atom stereocenters. The Morgan fingerprint density at radius 2 is 2.00 bits per heavy atom. The molecule has 1 aliphatic carbocycles. The molecule has 1 aliphatic heterocycles. The topological polar surface area (TPSA) is 197 Å². The zero-order valence-electron chi connectivity index (χ0n) is 19.8. The summed E-state index contributed by atoms with van der Waals surface area (Å²) in [5.41, 5.74) is 12.1. The summed E-state index contributed by atoms with van der Waals surface area (Å²) in [7, 11) is 0. The Morgan fingerprint density at radius 1 is 1.22 bits per heavy atom. The average Bonchev–Trinajstić information content (AvgIpc) is 3.68. The van der Waals surface area contributed by atoms with Gasteiger partial charge in [-0.3, -0.25) is 14.4 Å². The maximum absolute atomic E-state index is 12.8. The van der Waals surface area contributed by atoms with Crippen LogP contribution >= 0.6 is 22.7 Å². The molecule has 0 spiro atoms. The lowest BCUT2D eigenvalue weighted by molar-refractivity contribution is -0.130. The lowest BCUT2D eigenvalue weighted by Crippen LogP contribution is -2.42. The fourth-order valence-electron chi connectivity index (χ4n) is 5.26. The highest BCUT2D eigenvalue weighted by Crippen LogP contribution is 2.50. The lowest BCUT2D eigenvalue weighted by atomic mass is 9.75. The molecule has 0 bridgehead atoms. The number of tetrazole rings is 1. The number of nitrogens with two attached hydrogens (primary N) is 2. The normalized spacial score (nSPS) is 20.6. The third-order valence-corrected chi connectivity index (χ3v) is 9.54. The summed E-state index contributed by atoms with van der Waals surface area (Å²) < 4.78 is 0. The first kappa shape index (κ1) is 25.0. The summed E-state index contributed by atoms with van der Waals surface area (Å²) in [5.74, 6) is -0.782. The number of likely N-dealkylation sites (tertiary alicyclic amines) is 1. The van der Waals surface area contributed by atoms with E-state index in [0.717, 1.165) is 27.3 Å². The van der Waals surface area contributed by atoms with Crippen LogP contribution in [0, 0.1) is 11.3 Å². The number of aromatic nitrogens is 4. The Morgan fingerprint density at radius 3 is 2.70 bits per heavy atom. The number of nitrogens with one attached hydrogen (secondary N) is 2. The monoisotopic (exact) mass is 539 g/mol. The van der Waals surface area contributed by atoms with E-state index in [1.54, 1.807) is 11.0 Å². The van der Waals surface area contributed by atoms with Crippen LogP contribution in [0.1, 0.15) is 65.3 Å². The van der Waals surface area contributed by atoms with Crippen molar-refractivity contribution in [2.24, 2.45) is 11.5 Å². The predicted octanol–water partition coefficient (Wildman–Crippen LogP) is 0.448. The summed E-state index contributed by atoms with van der Waals surface area (Å²) >= 11 is 2.63. The van der Waals surface area contributed by atoms with Crippen molar-refractivity contribution in [1.29, 1.82) is 5.26 Å². The Hall–Kier alpha value is -3.67. The van der Waals surface area contributed by atoms with Gasteiger partial charge in [0.1, 0.15) is 6.04 Å². The van der Waals surface area contributed by atoms with Crippen molar-refractivity contribution in [3.05, 3.63) is 48.6 Å². The summed E-state index contributed by atoms with van der Waals surface area (Å²) in [6, 6.07) is 5.40. The molecule has 3 amide bonds. The van der Waals surface area contributed by atoms with Gasteiger partial charge in [0.25, 0.3) is 11.8 Å². The second-order valence-electron chi connectivity index (χ2n) is 9.08. The average molecular weight is 540 g/mol. The number of hydrogen-bond acceptors (Lipinski definition) is 10. The minimum absolute atomic E-state index is 0.0768. The Balaban J connectivity index is 1.52. The fourth-order valence-corrected chi connectivity index (χ4v) is 7.64. The van der Waals surface area contributed by atoms with Gasteiger partial charge in [-0.15, -0.1) is 32.9 Å². The minimum Gasteiger partial charge on any atom is -0.365 e. The molecule has 12 nitrogen and oxygen atoms in total. The zero-order chi connectivity index (χ0) is 26.2. The number of rotatable bonds is 8. The van der Waals surface area contributed by atoms with Crippen molar-refractivity contribution < 1.29 is 14.4 Å². The van der Waals surface area contributed by atoms with Crippen molar-refractivity contribution in [2.45, 2.75) is 43.6 Å². The van der Waals surface area contributed by atoms with Gasteiger partial charge in [-0.1, -0.05) is 5.21 Å².